The van der Waals surface area contributed by atoms with E-state index in [9.17, 15) is 32.7 Å². The van der Waals surface area contributed by atoms with Gasteiger partial charge in [-0.05, 0) is 66.6 Å². The Hall–Kier alpha value is -5.31. The molecule has 15 heteroatoms. The zero-order valence-electron chi connectivity index (χ0n) is 27.5. The molecule has 0 spiro atoms. The van der Waals surface area contributed by atoms with Crippen LogP contribution in [0.25, 0.3) is 0 Å². The molecule has 0 aromatic heterocycles. The second-order valence-corrected chi connectivity index (χ2v) is 12.4. The van der Waals surface area contributed by atoms with Gasteiger partial charge in [-0.1, -0.05) is 19.1 Å². The average molecular weight is 701 g/mol. The van der Waals surface area contributed by atoms with Crippen LogP contribution in [0, 0.1) is 0 Å². The summed E-state index contributed by atoms with van der Waals surface area (Å²) in [6.07, 6.45) is -2.89. The molecule has 0 saturated carbocycles. The van der Waals surface area contributed by atoms with E-state index in [1.807, 2.05) is 19.1 Å². The van der Waals surface area contributed by atoms with E-state index in [1.165, 1.54) is 0 Å². The van der Waals surface area contributed by atoms with E-state index in [0.29, 0.717) is 17.7 Å². The third kappa shape index (κ3) is 10.9. The SMILES string of the molecule is CCCC(=O)c1ccc(NC(=O)N[C@@H](Cc2ccc(O)cc2)C(=O)N[C@H]2CC[N+](C)(Cc3ccc4c(c3)OCO4)C2)cc1.O=C([O-])C(F)(F)F. The molecule has 0 aliphatic carbocycles. The Labute approximate surface area is 286 Å². The van der Waals surface area contributed by atoms with Crippen LogP contribution < -0.4 is 30.5 Å². The fourth-order valence-corrected chi connectivity index (χ4v) is 5.74. The third-order valence-corrected chi connectivity index (χ3v) is 8.20. The van der Waals surface area contributed by atoms with Gasteiger partial charge in [0.15, 0.2) is 17.3 Å². The number of quaternary nitrogens is 1. The lowest BCUT2D eigenvalue weighted by Crippen LogP contribution is -2.53. The first-order chi connectivity index (χ1) is 23.6. The molecule has 0 bridgehead atoms. The number of hydrogen-bond acceptors (Lipinski definition) is 8. The van der Waals surface area contributed by atoms with E-state index in [-0.39, 0.29) is 36.7 Å². The Morgan fingerprint density at radius 3 is 2.26 bits per heavy atom. The molecule has 50 heavy (non-hydrogen) atoms. The zero-order chi connectivity index (χ0) is 36.5. The Balaban J connectivity index is 0.000000727. The molecular formula is C35H39F3N4O8. The van der Waals surface area contributed by atoms with Crippen molar-refractivity contribution in [1.82, 2.24) is 10.6 Å². The third-order valence-electron chi connectivity index (χ3n) is 8.20. The number of likely N-dealkylation sites (N-methyl/N-ethyl adjacent to an activating group) is 1. The number of amides is 3. The Bertz CT molecular complexity index is 1670. The molecule has 3 aromatic carbocycles. The van der Waals surface area contributed by atoms with E-state index < -0.39 is 24.2 Å². The number of anilines is 1. The van der Waals surface area contributed by atoms with Crippen molar-refractivity contribution in [2.45, 2.75) is 57.4 Å². The molecular weight excluding hydrogens is 661 g/mol. The van der Waals surface area contributed by atoms with Crippen LogP contribution in [0.2, 0.25) is 0 Å². The number of carboxylic acid groups (broad SMARTS) is 1. The number of nitrogens with one attached hydrogen (secondary N) is 3. The van der Waals surface area contributed by atoms with Crippen molar-refractivity contribution in [2.24, 2.45) is 0 Å². The van der Waals surface area contributed by atoms with Gasteiger partial charge in [-0.2, -0.15) is 13.2 Å². The van der Waals surface area contributed by atoms with Gasteiger partial charge in [0.1, 0.15) is 24.3 Å². The van der Waals surface area contributed by atoms with Gasteiger partial charge in [0.2, 0.25) is 12.7 Å². The summed E-state index contributed by atoms with van der Waals surface area (Å²) in [5, 5.41) is 27.2. The zero-order valence-corrected chi connectivity index (χ0v) is 27.5. The maximum absolute atomic E-state index is 13.6. The van der Waals surface area contributed by atoms with Crippen molar-refractivity contribution in [3.63, 3.8) is 0 Å². The van der Waals surface area contributed by atoms with Gasteiger partial charge in [0, 0.05) is 36.1 Å². The van der Waals surface area contributed by atoms with Gasteiger partial charge < -0.3 is 44.9 Å². The lowest BCUT2D eigenvalue weighted by Gasteiger charge is -2.30. The first-order valence-corrected chi connectivity index (χ1v) is 15.9. The predicted molar refractivity (Wildman–Crippen MR) is 173 cm³/mol. The number of fused-ring (bicyclic) bond motifs is 1. The molecule has 268 valence electrons. The Kier molecular flexibility index (Phi) is 12.3. The standard InChI is InChI=1S/C33H38N4O6.C2HF3O2/c1-3-4-29(39)24-8-10-25(11-9-24)35-33(41)36-28(17-22-5-12-27(38)13-6-22)32(40)34-26-15-16-37(2,20-26)19-23-7-14-30-31(18-23)43-21-42-30;3-2(4,5)1(6)7/h5-14,18,26,28H,3-4,15-17,19-21H2,1-2H3,(H3-,34,35,36,38,39,40,41);(H,6,7)/t26-,28-,37?;/m0./s1. The highest BCUT2D eigenvalue weighted by atomic mass is 19.4. The van der Waals surface area contributed by atoms with Gasteiger partial charge in [0.25, 0.3) is 0 Å². The molecule has 5 rings (SSSR count). The van der Waals surface area contributed by atoms with Crippen molar-refractivity contribution in [1.29, 1.82) is 0 Å². The summed E-state index contributed by atoms with van der Waals surface area (Å²) in [4.78, 5) is 47.5. The van der Waals surface area contributed by atoms with Crippen molar-refractivity contribution in [3.8, 4) is 17.2 Å². The number of carboxylic acids is 1. The number of carbonyl (C=O) groups excluding carboxylic acids is 4. The van der Waals surface area contributed by atoms with E-state index in [1.54, 1.807) is 48.5 Å². The van der Waals surface area contributed by atoms with Crippen LogP contribution in [0.15, 0.2) is 66.7 Å². The number of Topliss-reactive ketones (excluding diaryl/α,β-unsaturated/α-hetero) is 1. The monoisotopic (exact) mass is 700 g/mol. The van der Waals surface area contributed by atoms with Gasteiger partial charge >= 0.3 is 12.2 Å². The number of carbonyl (C=O) groups is 4. The van der Waals surface area contributed by atoms with Crippen LogP contribution in [-0.2, 0) is 22.6 Å². The van der Waals surface area contributed by atoms with E-state index in [4.69, 9.17) is 19.4 Å². The Morgan fingerprint density at radius 1 is 0.980 bits per heavy atom. The van der Waals surface area contributed by atoms with Crippen molar-refractivity contribution in [2.75, 3.05) is 32.2 Å². The number of nitrogens with zero attached hydrogens (tertiary/aromatic N) is 1. The summed E-state index contributed by atoms with van der Waals surface area (Å²) in [5.41, 5.74) is 3.05. The van der Waals surface area contributed by atoms with E-state index in [0.717, 1.165) is 59.6 Å². The average Bonchev–Trinajstić information content (AvgIpc) is 3.67. The van der Waals surface area contributed by atoms with Crippen LogP contribution >= 0.6 is 0 Å². The quantitative estimate of drug-likeness (QED) is 0.174. The number of aliphatic carboxylic acids is 1. The van der Waals surface area contributed by atoms with Crippen LogP contribution in [0.5, 0.6) is 17.2 Å². The molecule has 1 unspecified atom stereocenters. The molecule has 1 fully saturated rings. The Morgan fingerprint density at radius 2 is 1.62 bits per heavy atom. The molecule has 12 nitrogen and oxygen atoms in total. The highest BCUT2D eigenvalue weighted by molar-refractivity contribution is 5.97. The molecule has 2 heterocycles. The molecule has 3 atom stereocenters. The number of ketones is 1. The first kappa shape index (κ1) is 37.5. The summed E-state index contributed by atoms with van der Waals surface area (Å²) in [5.74, 6) is -1.58. The largest absolute Gasteiger partial charge is 0.542 e. The summed E-state index contributed by atoms with van der Waals surface area (Å²) in [6.45, 7) is 4.63. The molecule has 1 saturated heterocycles. The molecule has 0 radical (unpaired) electrons. The normalized spacial score (nSPS) is 18.3. The molecule has 3 amide bonds. The fourth-order valence-electron chi connectivity index (χ4n) is 5.74. The second kappa shape index (κ2) is 16.4. The highest BCUT2D eigenvalue weighted by Gasteiger charge is 2.37. The number of hydrogen-bond donors (Lipinski definition) is 4. The van der Waals surface area contributed by atoms with Gasteiger partial charge in [0.05, 0.1) is 26.2 Å². The summed E-state index contributed by atoms with van der Waals surface area (Å²) in [6, 6.07) is 17.9. The minimum atomic E-state index is -5.19. The smallest absolute Gasteiger partial charge is 0.430 e. The lowest BCUT2D eigenvalue weighted by molar-refractivity contribution is -0.911. The number of benzene rings is 3. The highest BCUT2D eigenvalue weighted by Crippen LogP contribution is 2.34. The number of urea groups is 1. The van der Waals surface area contributed by atoms with E-state index >= 15 is 0 Å². The number of phenols is 1. The number of rotatable bonds is 11. The summed E-state index contributed by atoms with van der Waals surface area (Å²) < 4.78 is 43.3. The molecule has 2 aliphatic rings. The minimum Gasteiger partial charge on any atom is -0.542 e. The number of phenolic OH excluding ortho intramolecular Hbond substituents is 1. The van der Waals surface area contributed by atoms with E-state index in [2.05, 4.69) is 29.1 Å². The maximum Gasteiger partial charge on any atom is 0.430 e. The fraction of sp³-hybridized carbons (Fsp3) is 0.371. The predicted octanol–water partition coefficient (Wildman–Crippen LogP) is 3.67. The molecule has 3 aromatic rings. The van der Waals surface area contributed by atoms with Crippen molar-refractivity contribution >= 4 is 29.4 Å². The second-order valence-electron chi connectivity index (χ2n) is 12.4. The summed E-state index contributed by atoms with van der Waals surface area (Å²) >= 11 is 0. The number of likely N-dealkylation sites (tertiary alicyclic amines) is 1. The number of aromatic hydroxyl groups is 1. The van der Waals surface area contributed by atoms with Crippen LogP contribution in [0.3, 0.4) is 0 Å². The van der Waals surface area contributed by atoms with Gasteiger partial charge in [-0.15, -0.1) is 0 Å². The molecule has 4 N–H and O–H groups in total. The number of ether oxygens (including phenoxy) is 2. The van der Waals surface area contributed by atoms with Crippen molar-refractivity contribution < 1.29 is 56.5 Å². The lowest BCUT2D eigenvalue weighted by atomic mass is 10.0. The van der Waals surface area contributed by atoms with Crippen molar-refractivity contribution in [3.05, 3.63) is 83.4 Å². The topological polar surface area (TPSA) is 166 Å². The van der Waals surface area contributed by atoms with Crippen LogP contribution in [0.4, 0.5) is 23.7 Å². The maximum atomic E-state index is 13.6. The van der Waals surface area contributed by atoms with Gasteiger partial charge in [-0.25, -0.2) is 4.79 Å². The summed E-state index contributed by atoms with van der Waals surface area (Å²) in [7, 11) is 2.18. The minimum absolute atomic E-state index is 0.0492. The van der Waals surface area contributed by atoms with Crippen LogP contribution in [-0.4, -0.2) is 78.5 Å². The molecule has 2 aliphatic heterocycles. The number of halogens is 3. The number of alkyl halides is 3. The van der Waals surface area contributed by atoms with Crippen LogP contribution in [0.1, 0.15) is 47.7 Å². The first-order valence-electron chi connectivity index (χ1n) is 15.9. The van der Waals surface area contributed by atoms with Gasteiger partial charge in [-0.3, -0.25) is 9.59 Å².